The summed E-state index contributed by atoms with van der Waals surface area (Å²) in [5.74, 6) is 0. The zero-order valence-electron chi connectivity index (χ0n) is 12.0. The van der Waals surface area contributed by atoms with Gasteiger partial charge in [-0.05, 0) is 37.0 Å². The minimum Gasteiger partial charge on any atom is -0.223 e. The second-order valence-corrected chi connectivity index (χ2v) is 7.14. The molecule has 1 aromatic carbocycles. The molecule has 0 aliphatic carbocycles. The molecule has 0 aromatic heterocycles. The Bertz CT molecular complexity index is 570. The summed E-state index contributed by atoms with van der Waals surface area (Å²) in [5, 5.41) is 0. The average molecular weight is 290 g/mol. The van der Waals surface area contributed by atoms with Gasteiger partial charge < -0.3 is 0 Å². The van der Waals surface area contributed by atoms with E-state index in [9.17, 15) is 8.42 Å². The first-order valence-corrected chi connectivity index (χ1v) is 8.14. The van der Waals surface area contributed by atoms with Crippen molar-refractivity contribution in [1.29, 1.82) is 0 Å². The fourth-order valence-electron chi connectivity index (χ4n) is 2.34. The molecule has 0 N–H and O–H groups in total. The van der Waals surface area contributed by atoms with E-state index in [1.54, 1.807) is 42.5 Å². The molecule has 0 heterocycles. The highest BCUT2D eigenvalue weighted by Gasteiger charge is 2.40. The van der Waals surface area contributed by atoms with E-state index >= 15 is 0 Å². The topological polar surface area (TPSA) is 34.1 Å². The number of sulfone groups is 1. The zero-order valence-corrected chi connectivity index (χ0v) is 12.8. The molecule has 0 spiro atoms. The summed E-state index contributed by atoms with van der Waals surface area (Å²) in [5.41, 5.74) is 0.901. The molecule has 0 aliphatic rings. The van der Waals surface area contributed by atoms with Gasteiger partial charge in [0, 0.05) is 0 Å². The smallest absolute Gasteiger partial charge is 0.184 e. The van der Waals surface area contributed by atoms with Crippen LogP contribution in [-0.4, -0.2) is 13.2 Å². The van der Waals surface area contributed by atoms with Crippen LogP contribution in [0.25, 0.3) is 6.08 Å². The third kappa shape index (κ3) is 2.93. The summed E-state index contributed by atoms with van der Waals surface area (Å²) >= 11 is 0. The van der Waals surface area contributed by atoms with Crippen LogP contribution >= 0.6 is 0 Å². The Morgan fingerprint density at radius 2 is 1.55 bits per heavy atom. The van der Waals surface area contributed by atoms with Crippen LogP contribution in [0.3, 0.4) is 0 Å². The molecule has 3 heteroatoms. The Morgan fingerprint density at radius 3 is 1.90 bits per heavy atom. The Balaban J connectivity index is 3.37. The maximum absolute atomic E-state index is 12.9. The van der Waals surface area contributed by atoms with Crippen molar-refractivity contribution in [2.45, 2.75) is 35.8 Å². The van der Waals surface area contributed by atoms with Gasteiger partial charge in [0.25, 0.3) is 0 Å². The summed E-state index contributed by atoms with van der Waals surface area (Å²) < 4.78 is 25.0. The molecule has 0 atom stereocenters. The van der Waals surface area contributed by atoms with Gasteiger partial charge in [0.05, 0.1) is 9.64 Å². The Kier molecular flexibility index (Phi) is 5.52. The van der Waals surface area contributed by atoms with Gasteiger partial charge in [0.15, 0.2) is 9.84 Å². The summed E-state index contributed by atoms with van der Waals surface area (Å²) in [6, 6.07) is 6.82. The second kappa shape index (κ2) is 6.71. The quantitative estimate of drug-likeness (QED) is 0.665. The molecule has 0 unspecified atom stereocenters. The van der Waals surface area contributed by atoms with Gasteiger partial charge in [-0.2, -0.15) is 0 Å². The van der Waals surface area contributed by atoms with Gasteiger partial charge in [-0.15, -0.1) is 13.2 Å². The normalized spacial score (nSPS) is 11.8. The maximum atomic E-state index is 12.9. The van der Waals surface area contributed by atoms with Crippen molar-refractivity contribution in [1.82, 2.24) is 0 Å². The third-order valence-electron chi connectivity index (χ3n) is 3.67. The predicted octanol–water partition coefficient (Wildman–Crippen LogP) is 4.40. The fourth-order valence-corrected chi connectivity index (χ4v) is 4.39. The largest absolute Gasteiger partial charge is 0.223 e. The first kappa shape index (κ1) is 16.4. The molecule has 2 nitrogen and oxygen atoms in total. The lowest BCUT2D eigenvalue weighted by atomic mass is 9.97. The lowest BCUT2D eigenvalue weighted by Gasteiger charge is -2.30. The average Bonchev–Trinajstić information content (AvgIpc) is 2.46. The van der Waals surface area contributed by atoms with Gasteiger partial charge in [0.2, 0.25) is 0 Å². The monoisotopic (exact) mass is 290 g/mol. The highest BCUT2D eigenvalue weighted by molar-refractivity contribution is 7.92. The summed E-state index contributed by atoms with van der Waals surface area (Å²) in [6.45, 7) is 13.0. The molecule has 0 saturated heterocycles. The Morgan fingerprint density at radius 1 is 1.05 bits per heavy atom. The molecule has 0 aliphatic heterocycles. The van der Waals surface area contributed by atoms with Gasteiger partial charge in [-0.3, -0.25) is 0 Å². The van der Waals surface area contributed by atoms with E-state index in [-0.39, 0.29) is 0 Å². The zero-order chi connectivity index (χ0) is 15.2. The molecule has 0 fully saturated rings. The van der Waals surface area contributed by atoms with Crippen molar-refractivity contribution in [3.05, 3.63) is 61.7 Å². The van der Waals surface area contributed by atoms with E-state index in [2.05, 4.69) is 19.7 Å². The molecule has 1 rings (SSSR count). The standard InChI is InChI=1S/C17H22O2S/c1-5-13-17(8-4,14-6-2)20(18,19)16-11-9-15(7-3)10-12-16/h5-7,9-12H,1-3,8,13-14H2,4H3. The van der Waals surface area contributed by atoms with Crippen LogP contribution in [0, 0.1) is 0 Å². The number of hydrogen-bond acceptors (Lipinski definition) is 2. The van der Waals surface area contributed by atoms with Crippen LogP contribution in [0.4, 0.5) is 0 Å². The molecule has 108 valence electrons. The van der Waals surface area contributed by atoms with Gasteiger partial charge in [0.1, 0.15) is 0 Å². The van der Waals surface area contributed by atoms with E-state index in [4.69, 9.17) is 0 Å². The lowest BCUT2D eigenvalue weighted by Crippen LogP contribution is -2.37. The van der Waals surface area contributed by atoms with E-state index in [1.165, 1.54) is 0 Å². The number of hydrogen-bond donors (Lipinski definition) is 0. The van der Waals surface area contributed by atoms with Crippen molar-refractivity contribution in [2.24, 2.45) is 0 Å². The molecular formula is C17H22O2S. The van der Waals surface area contributed by atoms with Crippen molar-refractivity contribution < 1.29 is 8.42 Å². The van der Waals surface area contributed by atoms with E-state index in [1.807, 2.05) is 6.92 Å². The summed E-state index contributed by atoms with van der Waals surface area (Å²) in [6.07, 6.45) is 6.39. The number of rotatable bonds is 8. The van der Waals surface area contributed by atoms with Crippen LogP contribution in [0.15, 0.2) is 61.0 Å². The predicted molar refractivity (Wildman–Crippen MR) is 86.4 cm³/mol. The molecule has 1 aromatic rings. The second-order valence-electron chi connectivity index (χ2n) is 4.80. The Hall–Kier alpha value is -1.61. The van der Waals surface area contributed by atoms with Crippen LogP contribution in [-0.2, 0) is 9.84 Å². The van der Waals surface area contributed by atoms with Crippen molar-refractivity contribution in [2.75, 3.05) is 0 Å². The SMILES string of the molecule is C=CCC(CC)(CC=C)S(=O)(=O)c1ccc(C=C)cc1. The van der Waals surface area contributed by atoms with E-state index < -0.39 is 14.6 Å². The maximum Gasteiger partial charge on any atom is 0.184 e. The van der Waals surface area contributed by atoms with Crippen LogP contribution in [0.1, 0.15) is 31.7 Å². The van der Waals surface area contributed by atoms with Gasteiger partial charge >= 0.3 is 0 Å². The molecule has 20 heavy (non-hydrogen) atoms. The molecule has 0 amide bonds. The molecular weight excluding hydrogens is 268 g/mol. The van der Waals surface area contributed by atoms with E-state index in [0.717, 1.165) is 5.56 Å². The molecule has 0 bridgehead atoms. The molecule has 0 saturated carbocycles. The fraction of sp³-hybridized carbons (Fsp3) is 0.294. The van der Waals surface area contributed by atoms with Crippen molar-refractivity contribution >= 4 is 15.9 Å². The van der Waals surface area contributed by atoms with Crippen LogP contribution in [0.5, 0.6) is 0 Å². The van der Waals surface area contributed by atoms with Gasteiger partial charge in [-0.25, -0.2) is 8.42 Å². The Labute approximate surface area is 122 Å². The van der Waals surface area contributed by atoms with Crippen molar-refractivity contribution in [3.63, 3.8) is 0 Å². The first-order chi connectivity index (χ1) is 9.47. The minimum absolute atomic E-state index is 0.341. The highest BCUT2D eigenvalue weighted by Crippen LogP contribution is 2.36. The lowest BCUT2D eigenvalue weighted by molar-refractivity contribution is 0.496. The van der Waals surface area contributed by atoms with Crippen LogP contribution in [0.2, 0.25) is 0 Å². The highest BCUT2D eigenvalue weighted by atomic mass is 32.2. The summed E-state index contributed by atoms with van der Waals surface area (Å²) in [4.78, 5) is 0.341. The minimum atomic E-state index is -3.44. The van der Waals surface area contributed by atoms with Gasteiger partial charge in [-0.1, -0.05) is 43.9 Å². The first-order valence-electron chi connectivity index (χ1n) is 6.66. The van der Waals surface area contributed by atoms with Crippen LogP contribution < -0.4 is 0 Å². The molecule has 0 radical (unpaired) electrons. The summed E-state index contributed by atoms with van der Waals surface area (Å²) in [7, 11) is -3.44. The van der Waals surface area contributed by atoms with Crippen molar-refractivity contribution in [3.8, 4) is 0 Å². The number of allylic oxidation sites excluding steroid dienone is 2. The third-order valence-corrected chi connectivity index (χ3v) is 6.33. The van der Waals surface area contributed by atoms with E-state index in [0.29, 0.717) is 24.2 Å². The number of benzene rings is 1.